The summed E-state index contributed by atoms with van der Waals surface area (Å²) in [6.45, 7) is 4.14. The number of rotatable bonds is 46. The number of nitrogens with zero attached hydrogens (tertiary/aromatic N) is 1. The van der Waals surface area contributed by atoms with Crippen molar-refractivity contribution >= 4 is 19.8 Å². The van der Waals surface area contributed by atoms with Crippen molar-refractivity contribution < 1.29 is 42.1 Å². The molecule has 0 radical (unpaired) electrons. The standard InChI is InChI=1S/C51H96NO8P/c1-6-8-10-12-14-16-18-20-22-24-25-26-28-29-31-33-35-37-39-41-43-50(53)57-47-49(48-59-61(55,56)58-46-45-52(3,4)5)60-51(54)44-42-40-38-36-34-32-30-27-23-21-19-17-15-13-11-9-7-2/h9,11,15,17,21,23,49H,6-8,10,12-14,16,18-20,22,24-48H2,1-5H3/b11-9-,17-15-,23-21-. The Balaban J connectivity index is 4.24. The fraction of sp³-hybridized carbons (Fsp3) is 0.843. The molecule has 0 spiro atoms. The summed E-state index contributed by atoms with van der Waals surface area (Å²) in [6, 6.07) is 0. The van der Waals surface area contributed by atoms with Crippen molar-refractivity contribution in [2.75, 3.05) is 47.5 Å². The van der Waals surface area contributed by atoms with Gasteiger partial charge >= 0.3 is 11.9 Å². The number of quaternary nitrogens is 1. The Morgan fingerprint density at radius 1 is 0.525 bits per heavy atom. The molecule has 0 aromatic rings. The van der Waals surface area contributed by atoms with E-state index in [9.17, 15) is 19.0 Å². The highest BCUT2D eigenvalue weighted by atomic mass is 31.2. The molecule has 0 heterocycles. The minimum atomic E-state index is -4.63. The van der Waals surface area contributed by atoms with Gasteiger partial charge in [0.15, 0.2) is 6.10 Å². The molecule has 0 bridgehead atoms. The van der Waals surface area contributed by atoms with Crippen LogP contribution in [-0.4, -0.2) is 70.0 Å². The van der Waals surface area contributed by atoms with E-state index in [-0.39, 0.29) is 32.0 Å². The first kappa shape index (κ1) is 59.2. The maximum absolute atomic E-state index is 12.7. The van der Waals surface area contributed by atoms with E-state index in [1.54, 1.807) is 0 Å². The molecule has 0 aliphatic carbocycles. The van der Waals surface area contributed by atoms with Crippen molar-refractivity contribution in [3.8, 4) is 0 Å². The first-order chi connectivity index (χ1) is 29.5. The van der Waals surface area contributed by atoms with Gasteiger partial charge in [-0.3, -0.25) is 14.2 Å². The van der Waals surface area contributed by atoms with Crippen LogP contribution < -0.4 is 4.89 Å². The highest BCUT2D eigenvalue weighted by Gasteiger charge is 2.21. The van der Waals surface area contributed by atoms with Crippen LogP contribution in [-0.2, 0) is 32.7 Å². The zero-order chi connectivity index (χ0) is 45.0. The van der Waals surface area contributed by atoms with E-state index in [0.29, 0.717) is 17.4 Å². The molecule has 0 rings (SSSR count). The van der Waals surface area contributed by atoms with Crippen LogP contribution in [0.1, 0.15) is 226 Å². The number of esters is 2. The summed E-state index contributed by atoms with van der Waals surface area (Å²) in [6.07, 6.45) is 50.3. The monoisotopic (exact) mass is 882 g/mol. The number of phosphoric acid groups is 1. The van der Waals surface area contributed by atoms with E-state index in [2.05, 4.69) is 50.3 Å². The Labute approximate surface area is 376 Å². The number of carbonyl (C=O) groups excluding carboxylic acids is 2. The summed E-state index contributed by atoms with van der Waals surface area (Å²) in [5.41, 5.74) is 0. The van der Waals surface area contributed by atoms with E-state index >= 15 is 0 Å². The van der Waals surface area contributed by atoms with Crippen LogP contribution in [0.2, 0.25) is 0 Å². The molecule has 9 nitrogen and oxygen atoms in total. The third-order valence-corrected chi connectivity index (χ3v) is 11.9. The molecule has 0 amide bonds. The first-order valence-electron chi connectivity index (χ1n) is 25.2. The van der Waals surface area contributed by atoms with Crippen molar-refractivity contribution in [1.82, 2.24) is 0 Å². The number of hydrogen-bond donors (Lipinski definition) is 0. The lowest BCUT2D eigenvalue weighted by atomic mass is 10.0. The van der Waals surface area contributed by atoms with Gasteiger partial charge in [0.25, 0.3) is 7.82 Å². The molecule has 2 atom stereocenters. The molecule has 61 heavy (non-hydrogen) atoms. The average Bonchev–Trinajstić information content (AvgIpc) is 3.21. The van der Waals surface area contributed by atoms with Gasteiger partial charge in [0.1, 0.15) is 19.8 Å². The maximum Gasteiger partial charge on any atom is 0.306 e. The molecule has 0 aromatic heterocycles. The van der Waals surface area contributed by atoms with Gasteiger partial charge in [-0.1, -0.05) is 204 Å². The maximum atomic E-state index is 12.7. The summed E-state index contributed by atoms with van der Waals surface area (Å²) in [5.74, 6) is -0.836. The van der Waals surface area contributed by atoms with Crippen LogP contribution in [0.25, 0.3) is 0 Å². The molecule has 0 fully saturated rings. The van der Waals surface area contributed by atoms with Crippen molar-refractivity contribution in [2.45, 2.75) is 232 Å². The van der Waals surface area contributed by atoms with E-state index in [1.807, 2.05) is 21.1 Å². The molecule has 0 saturated heterocycles. The lowest BCUT2D eigenvalue weighted by Gasteiger charge is -2.28. The Morgan fingerprint density at radius 2 is 0.934 bits per heavy atom. The Kier molecular flexibility index (Phi) is 42.2. The zero-order valence-corrected chi connectivity index (χ0v) is 41.3. The predicted octanol–water partition coefficient (Wildman–Crippen LogP) is 14.2. The van der Waals surface area contributed by atoms with Gasteiger partial charge in [-0.15, -0.1) is 0 Å². The third kappa shape index (κ3) is 47.5. The molecular formula is C51H96NO8P. The van der Waals surface area contributed by atoms with Gasteiger partial charge < -0.3 is 27.9 Å². The quantitative estimate of drug-likeness (QED) is 0.0195. The van der Waals surface area contributed by atoms with E-state index in [4.69, 9.17) is 18.5 Å². The second-order valence-electron chi connectivity index (χ2n) is 18.2. The minimum Gasteiger partial charge on any atom is -0.756 e. The molecule has 0 N–H and O–H groups in total. The highest BCUT2D eigenvalue weighted by molar-refractivity contribution is 7.45. The van der Waals surface area contributed by atoms with Gasteiger partial charge in [0, 0.05) is 12.8 Å². The average molecular weight is 882 g/mol. The summed E-state index contributed by atoms with van der Waals surface area (Å²) in [4.78, 5) is 37.7. The normalized spacial score (nSPS) is 13.7. The van der Waals surface area contributed by atoms with E-state index in [1.165, 1.54) is 128 Å². The van der Waals surface area contributed by atoms with Crippen molar-refractivity contribution in [2.24, 2.45) is 0 Å². The van der Waals surface area contributed by atoms with Gasteiger partial charge in [-0.25, -0.2) is 0 Å². The van der Waals surface area contributed by atoms with Gasteiger partial charge in [-0.2, -0.15) is 0 Å². The second kappa shape index (κ2) is 43.5. The lowest BCUT2D eigenvalue weighted by Crippen LogP contribution is -2.37. The molecule has 0 aromatic carbocycles. The molecule has 2 unspecified atom stereocenters. The fourth-order valence-electron chi connectivity index (χ4n) is 7.02. The highest BCUT2D eigenvalue weighted by Crippen LogP contribution is 2.38. The minimum absolute atomic E-state index is 0.0321. The lowest BCUT2D eigenvalue weighted by molar-refractivity contribution is -0.870. The summed E-state index contributed by atoms with van der Waals surface area (Å²) >= 11 is 0. The third-order valence-electron chi connectivity index (χ3n) is 10.9. The second-order valence-corrected chi connectivity index (χ2v) is 19.6. The van der Waals surface area contributed by atoms with Crippen LogP contribution in [0.15, 0.2) is 36.5 Å². The Bertz CT molecular complexity index is 1130. The zero-order valence-electron chi connectivity index (χ0n) is 40.4. The summed E-state index contributed by atoms with van der Waals surface area (Å²) < 4.78 is 34.0. The SMILES string of the molecule is CC/C=C\C/C=C\C/C=C\CCCCCCCCCC(=O)OC(COC(=O)CCCCCCCCCCCCCCCCCCCCCC)COP(=O)([O-])OCC[N+](C)(C)C. The Hall–Kier alpha value is -1.77. The largest absolute Gasteiger partial charge is 0.756 e. The van der Waals surface area contributed by atoms with Crippen molar-refractivity contribution in [3.63, 3.8) is 0 Å². The fourth-order valence-corrected chi connectivity index (χ4v) is 7.75. The van der Waals surface area contributed by atoms with Crippen LogP contribution in [0.4, 0.5) is 0 Å². The Morgan fingerprint density at radius 3 is 1.39 bits per heavy atom. The van der Waals surface area contributed by atoms with Crippen LogP contribution in [0.3, 0.4) is 0 Å². The van der Waals surface area contributed by atoms with Crippen LogP contribution in [0.5, 0.6) is 0 Å². The first-order valence-corrected chi connectivity index (χ1v) is 26.7. The van der Waals surface area contributed by atoms with Crippen molar-refractivity contribution in [1.29, 1.82) is 0 Å². The van der Waals surface area contributed by atoms with Crippen LogP contribution in [0, 0.1) is 0 Å². The molecule has 10 heteroatoms. The molecule has 358 valence electrons. The van der Waals surface area contributed by atoms with E-state index < -0.39 is 26.5 Å². The molecule has 0 aliphatic heterocycles. The molecule has 0 saturated carbocycles. The van der Waals surface area contributed by atoms with Crippen LogP contribution >= 0.6 is 7.82 Å². The number of unbranched alkanes of at least 4 members (excludes halogenated alkanes) is 26. The number of carbonyl (C=O) groups is 2. The smallest absolute Gasteiger partial charge is 0.306 e. The van der Waals surface area contributed by atoms with Gasteiger partial charge in [0.2, 0.25) is 0 Å². The van der Waals surface area contributed by atoms with Crippen molar-refractivity contribution in [3.05, 3.63) is 36.5 Å². The number of likely N-dealkylation sites (N-methyl/N-ethyl adjacent to an activating group) is 1. The number of phosphoric ester groups is 1. The topological polar surface area (TPSA) is 111 Å². The van der Waals surface area contributed by atoms with Gasteiger partial charge in [0.05, 0.1) is 27.7 Å². The number of ether oxygens (including phenoxy) is 2. The molecule has 0 aliphatic rings. The number of hydrogen-bond acceptors (Lipinski definition) is 8. The van der Waals surface area contributed by atoms with Gasteiger partial charge in [-0.05, 0) is 44.9 Å². The summed E-state index contributed by atoms with van der Waals surface area (Å²) in [5, 5.41) is 0. The summed E-state index contributed by atoms with van der Waals surface area (Å²) in [7, 11) is 1.16. The number of allylic oxidation sites excluding steroid dienone is 6. The van der Waals surface area contributed by atoms with E-state index in [0.717, 1.165) is 64.2 Å². The predicted molar refractivity (Wildman–Crippen MR) is 254 cm³/mol. The molecular weight excluding hydrogens is 786 g/mol.